The van der Waals surface area contributed by atoms with E-state index in [2.05, 4.69) is 5.32 Å². The highest BCUT2D eigenvalue weighted by Gasteiger charge is 2.24. The van der Waals surface area contributed by atoms with Crippen LogP contribution in [0.5, 0.6) is 0 Å². The Hall–Kier alpha value is 0.210. The Labute approximate surface area is 117 Å². The zero-order valence-electron chi connectivity index (χ0n) is 11.5. The van der Waals surface area contributed by atoms with Gasteiger partial charge in [0.1, 0.15) is 0 Å². The standard InChI is InChI=1S/C15H28ClNO/c16-8-2-10-18-15-6-4-13(5-7-15)11-14-3-1-9-17-12-14/h13-15,17H,1-12H2. The number of hydrogen-bond donors (Lipinski definition) is 1. The summed E-state index contributed by atoms with van der Waals surface area (Å²) in [5, 5.41) is 3.53. The fourth-order valence-corrected chi connectivity index (χ4v) is 3.54. The van der Waals surface area contributed by atoms with Gasteiger partial charge >= 0.3 is 0 Å². The van der Waals surface area contributed by atoms with Crippen LogP contribution in [0.25, 0.3) is 0 Å². The van der Waals surface area contributed by atoms with Crippen LogP contribution in [0.2, 0.25) is 0 Å². The Kier molecular flexibility index (Phi) is 6.82. The van der Waals surface area contributed by atoms with Crippen LogP contribution in [-0.4, -0.2) is 31.7 Å². The van der Waals surface area contributed by atoms with Crippen molar-refractivity contribution in [3.63, 3.8) is 0 Å². The highest BCUT2D eigenvalue weighted by Crippen LogP contribution is 2.32. The highest BCUT2D eigenvalue weighted by atomic mass is 35.5. The van der Waals surface area contributed by atoms with Gasteiger partial charge in [-0.05, 0) is 76.3 Å². The molecule has 0 aromatic rings. The third-order valence-electron chi connectivity index (χ3n) is 4.49. The Morgan fingerprint density at radius 3 is 2.56 bits per heavy atom. The molecule has 2 rings (SSSR count). The first-order valence-electron chi connectivity index (χ1n) is 7.76. The van der Waals surface area contributed by atoms with E-state index in [1.807, 2.05) is 0 Å². The molecule has 0 spiro atoms. The number of rotatable bonds is 6. The van der Waals surface area contributed by atoms with Crippen molar-refractivity contribution in [1.82, 2.24) is 5.32 Å². The second-order valence-electron chi connectivity index (χ2n) is 6.00. The monoisotopic (exact) mass is 273 g/mol. The summed E-state index contributed by atoms with van der Waals surface area (Å²) >= 11 is 5.66. The Bertz CT molecular complexity index is 211. The lowest BCUT2D eigenvalue weighted by atomic mass is 9.80. The molecule has 0 aromatic carbocycles. The second-order valence-corrected chi connectivity index (χ2v) is 6.38. The smallest absolute Gasteiger partial charge is 0.0575 e. The van der Waals surface area contributed by atoms with E-state index in [0.29, 0.717) is 6.10 Å². The van der Waals surface area contributed by atoms with Crippen molar-refractivity contribution in [3.05, 3.63) is 0 Å². The summed E-state index contributed by atoms with van der Waals surface area (Å²) in [5.74, 6) is 2.63. The van der Waals surface area contributed by atoms with Crippen LogP contribution < -0.4 is 5.32 Å². The molecule has 0 radical (unpaired) electrons. The first-order valence-corrected chi connectivity index (χ1v) is 8.30. The van der Waals surface area contributed by atoms with Crippen LogP contribution in [0.3, 0.4) is 0 Å². The Balaban J connectivity index is 1.57. The molecular weight excluding hydrogens is 246 g/mol. The third-order valence-corrected chi connectivity index (χ3v) is 4.76. The average molecular weight is 274 g/mol. The van der Waals surface area contributed by atoms with Crippen LogP contribution in [0, 0.1) is 11.8 Å². The van der Waals surface area contributed by atoms with Crippen molar-refractivity contribution in [1.29, 1.82) is 0 Å². The zero-order chi connectivity index (χ0) is 12.6. The molecule has 1 N–H and O–H groups in total. The molecule has 0 aromatic heterocycles. The Morgan fingerprint density at radius 2 is 1.89 bits per heavy atom. The maximum absolute atomic E-state index is 5.86. The van der Waals surface area contributed by atoms with Crippen molar-refractivity contribution >= 4 is 11.6 Å². The third kappa shape index (κ3) is 5.07. The molecule has 0 bridgehead atoms. The molecule has 1 saturated heterocycles. The number of piperidine rings is 1. The molecule has 1 heterocycles. The van der Waals surface area contributed by atoms with E-state index in [1.54, 1.807) is 0 Å². The van der Waals surface area contributed by atoms with E-state index in [4.69, 9.17) is 16.3 Å². The first kappa shape index (κ1) is 14.6. The van der Waals surface area contributed by atoms with E-state index in [0.717, 1.165) is 30.7 Å². The molecule has 1 aliphatic carbocycles. The lowest BCUT2D eigenvalue weighted by molar-refractivity contribution is 0.0158. The summed E-state index contributed by atoms with van der Waals surface area (Å²) in [6, 6.07) is 0. The molecule has 1 aliphatic heterocycles. The number of alkyl halides is 1. The predicted molar refractivity (Wildman–Crippen MR) is 77.2 cm³/mol. The van der Waals surface area contributed by atoms with E-state index in [9.17, 15) is 0 Å². The maximum atomic E-state index is 5.86. The van der Waals surface area contributed by atoms with Crippen molar-refractivity contribution < 1.29 is 4.74 Å². The van der Waals surface area contributed by atoms with Crippen molar-refractivity contribution in [2.75, 3.05) is 25.6 Å². The lowest BCUT2D eigenvalue weighted by Gasteiger charge is -2.32. The van der Waals surface area contributed by atoms with Gasteiger partial charge in [0.25, 0.3) is 0 Å². The summed E-state index contributed by atoms with van der Waals surface area (Å²) in [6.07, 6.45) is 11.1. The fraction of sp³-hybridized carbons (Fsp3) is 1.00. The molecule has 2 fully saturated rings. The van der Waals surface area contributed by atoms with E-state index in [-0.39, 0.29) is 0 Å². The van der Waals surface area contributed by atoms with Crippen LogP contribution in [0.15, 0.2) is 0 Å². The van der Waals surface area contributed by atoms with Crippen LogP contribution in [-0.2, 0) is 4.74 Å². The molecule has 0 amide bonds. The summed E-state index contributed by atoms with van der Waals surface area (Å²) in [6.45, 7) is 3.34. The minimum absolute atomic E-state index is 0.522. The number of hydrogen-bond acceptors (Lipinski definition) is 2. The summed E-state index contributed by atoms with van der Waals surface area (Å²) in [7, 11) is 0. The molecule has 1 saturated carbocycles. The largest absolute Gasteiger partial charge is 0.378 e. The van der Waals surface area contributed by atoms with Crippen molar-refractivity contribution in [2.45, 2.75) is 57.5 Å². The maximum Gasteiger partial charge on any atom is 0.0575 e. The van der Waals surface area contributed by atoms with Crippen molar-refractivity contribution in [2.24, 2.45) is 11.8 Å². The van der Waals surface area contributed by atoms with Crippen LogP contribution in [0.4, 0.5) is 0 Å². The van der Waals surface area contributed by atoms with Crippen molar-refractivity contribution in [3.8, 4) is 0 Å². The fourth-order valence-electron chi connectivity index (χ4n) is 3.44. The highest BCUT2D eigenvalue weighted by molar-refractivity contribution is 6.17. The molecule has 1 unspecified atom stereocenters. The van der Waals surface area contributed by atoms with E-state index < -0.39 is 0 Å². The molecule has 18 heavy (non-hydrogen) atoms. The van der Waals surface area contributed by atoms with E-state index >= 15 is 0 Å². The second kappa shape index (κ2) is 8.39. The van der Waals surface area contributed by atoms with Gasteiger partial charge in [-0.2, -0.15) is 0 Å². The summed E-state index contributed by atoms with van der Waals surface area (Å²) in [5.41, 5.74) is 0. The molecular formula is C15H28ClNO. The topological polar surface area (TPSA) is 21.3 Å². The number of nitrogens with one attached hydrogen (secondary N) is 1. The van der Waals surface area contributed by atoms with Gasteiger partial charge in [0, 0.05) is 12.5 Å². The van der Waals surface area contributed by atoms with Gasteiger partial charge in [-0.3, -0.25) is 0 Å². The van der Waals surface area contributed by atoms with Gasteiger partial charge < -0.3 is 10.1 Å². The summed E-state index contributed by atoms with van der Waals surface area (Å²) in [4.78, 5) is 0. The lowest BCUT2D eigenvalue weighted by Crippen LogP contribution is -2.32. The Morgan fingerprint density at radius 1 is 1.06 bits per heavy atom. The number of ether oxygens (including phenoxy) is 1. The van der Waals surface area contributed by atoms with E-state index in [1.165, 1.54) is 58.0 Å². The SMILES string of the molecule is ClCCCOC1CCC(CC2CCCNC2)CC1. The van der Waals surface area contributed by atoms with Crippen LogP contribution in [0.1, 0.15) is 51.4 Å². The summed E-state index contributed by atoms with van der Waals surface area (Å²) < 4.78 is 5.86. The normalized spacial score (nSPS) is 33.5. The molecule has 3 heteroatoms. The van der Waals surface area contributed by atoms with Crippen LogP contribution >= 0.6 is 11.6 Å². The first-order chi connectivity index (χ1) is 8.88. The van der Waals surface area contributed by atoms with Gasteiger partial charge in [0.05, 0.1) is 6.10 Å². The molecule has 106 valence electrons. The minimum atomic E-state index is 0.522. The van der Waals surface area contributed by atoms with Gasteiger partial charge in [0.2, 0.25) is 0 Å². The predicted octanol–water partition coefficient (Wildman–Crippen LogP) is 3.58. The average Bonchev–Trinajstić information content (AvgIpc) is 2.42. The molecule has 1 atom stereocenters. The van der Waals surface area contributed by atoms with Gasteiger partial charge in [-0.15, -0.1) is 11.6 Å². The number of halogens is 1. The zero-order valence-corrected chi connectivity index (χ0v) is 12.3. The minimum Gasteiger partial charge on any atom is -0.378 e. The molecule has 2 nitrogen and oxygen atoms in total. The quantitative estimate of drug-likeness (QED) is 0.590. The van der Waals surface area contributed by atoms with Gasteiger partial charge in [0.15, 0.2) is 0 Å². The van der Waals surface area contributed by atoms with Gasteiger partial charge in [-0.1, -0.05) is 0 Å². The molecule has 2 aliphatic rings. The van der Waals surface area contributed by atoms with Gasteiger partial charge in [-0.25, -0.2) is 0 Å².